The molecule has 7 heteroatoms. The molecule has 0 aliphatic carbocycles. The molecule has 0 bridgehead atoms. The van der Waals surface area contributed by atoms with Crippen LogP contribution in [0, 0.1) is 11.6 Å². The molecular weight excluding hydrogens is 286 g/mol. The van der Waals surface area contributed by atoms with Crippen LogP contribution >= 0.6 is 0 Å². The first kappa shape index (κ1) is 16.6. The Labute approximate surface area is 119 Å². The second-order valence-electron chi connectivity index (χ2n) is 4.01. The lowest BCUT2D eigenvalue weighted by molar-refractivity contribution is -0.140. The molecule has 0 unspecified atom stereocenters. The maximum Gasteiger partial charge on any atom is 0.328 e. The van der Waals surface area contributed by atoms with Crippen LogP contribution < -0.4 is 4.74 Å². The van der Waals surface area contributed by atoms with Crippen LogP contribution in [-0.2, 0) is 14.3 Å². The Hall–Kier alpha value is -2.44. The Kier molecular flexibility index (Phi) is 6.32. The number of rotatable bonds is 7. The molecular formula is C14H14F2O5. The van der Waals surface area contributed by atoms with Crippen molar-refractivity contribution < 1.29 is 33.0 Å². The zero-order chi connectivity index (χ0) is 15.8. The lowest BCUT2D eigenvalue weighted by atomic mass is 10.2. The van der Waals surface area contributed by atoms with Crippen molar-refractivity contribution in [3.8, 4) is 5.75 Å². The summed E-state index contributed by atoms with van der Waals surface area (Å²) in [5.41, 5.74) is 0.0642. The molecule has 0 aliphatic heterocycles. The van der Waals surface area contributed by atoms with Crippen LogP contribution in [0.15, 0.2) is 18.2 Å². The van der Waals surface area contributed by atoms with Crippen LogP contribution in [0.1, 0.15) is 18.4 Å². The van der Waals surface area contributed by atoms with Gasteiger partial charge in [0.25, 0.3) is 0 Å². The highest BCUT2D eigenvalue weighted by Gasteiger charge is 2.12. The van der Waals surface area contributed by atoms with Gasteiger partial charge in [-0.3, -0.25) is 4.79 Å². The highest BCUT2D eigenvalue weighted by atomic mass is 19.1. The SMILES string of the molecule is COC(=O)CCCOc1c(F)cc(C=CC(=O)O)cc1F. The summed E-state index contributed by atoms with van der Waals surface area (Å²) < 4.78 is 36.7. The zero-order valence-corrected chi connectivity index (χ0v) is 11.3. The van der Waals surface area contributed by atoms with Crippen molar-refractivity contribution in [3.63, 3.8) is 0 Å². The van der Waals surface area contributed by atoms with Gasteiger partial charge in [0.15, 0.2) is 17.4 Å². The first-order chi connectivity index (χ1) is 9.93. The fraction of sp³-hybridized carbons (Fsp3) is 0.286. The molecule has 0 heterocycles. The van der Waals surface area contributed by atoms with E-state index in [4.69, 9.17) is 9.84 Å². The first-order valence-corrected chi connectivity index (χ1v) is 6.03. The number of esters is 1. The van der Waals surface area contributed by atoms with Crippen molar-refractivity contribution in [2.45, 2.75) is 12.8 Å². The van der Waals surface area contributed by atoms with Crippen LogP contribution in [0.3, 0.4) is 0 Å². The monoisotopic (exact) mass is 300 g/mol. The lowest BCUT2D eigenvalue weighted by Crippen LogP contribution is -2.06. The smallest absolute Gasteiger partial charge is 0.328 e. The maximum absolute atomic E-state index is 13.6. The van der Waals surface area contributed by atoms with E-state index in [9.17, 15) is 18.4 Å². The van der Waals surface area contributed by atoms with E-state index in [1.807, 2.05) is 0 Å². The van der Waals surface area contributed by atoms with Crippen LogP contribution in [-0.4, -0.2) is 30.8 Å². The molecule has 0 fully saturated rings. The Bertz CT molecular complexity index is 531. The van der Waals surface area contributed by atoms with Gasteiger partial charge in [-0.25, -0.2) is 13.6 Å². The van der Waals surface area contributed by atoms with Gasteiger partial charge in [-0.1, -0.05) is 0 Å². The molecule has 0 saturated heterocycles. The number of carboxylic acid groups (broad SMARTS) is 1. The van der Waals surface area contributed by atoms with Gasteiger partial charge >= 0.3 is 11.9 Å². The van der Waals surface area contributed by atoms with E-state index < -0.39 is 29.3 Å². The van der Waals surface area contributed by atoms with E-state index in [0.29, 0.717) is 0 Å². The zero-order valence-electron chi connectivity index (χ0n) is 11.3. The topological polar surface area (TPSA) is 72.8 Å². The normalized spacial score (nSPS) is 10.6. The standard InChI is InChI=1S/C14H14F2O5/c1-20-13(19)3-2-6-21-14-10(15)7-9(8-11(14)16)4-5-12(17)18/h4-5,7-8H,2-3,6H2,1H3,(H,17,18). The van der Waals surface area contributed by atoms with Crippen molar-refractivity contribution >= 4 is 18.0 Å². The summed E-state index contributed by atoms with van der Waals surface area (Å²) in [6, 6.07) is 1.91. The average molecular weight is 300 g/mol. The fourth-order valence-corrected chi connectivity index (χ4v) is 1.47. The summed E-state index contributed by atoms with van der Waals surface area (Å²) in [6.07, 6.45) is 2.17. The molecule has 1 aromatic carbocycles. The van der Waals surface area contributed by atoms with Gasteiger partial charge < -0.3 is 14.6 Å². The lowest BCUT2D eigenvalue weighted by Gasteiger charge is -2.08. The number of hydrogen-bond donors (Lipinski definition) is 1. The molecule has 1 aromatic rings. The fourth-order valence-electron chi connectivity index (χ4n) is 1.47. The molecule has 0 amide bonds. The number of halogens is 2. The number of ether oxygens (including phenoxy) is 2. The van der Waals surface area contributed by atoms with Gasteiger partial charge in [0, 0.05) is 12.5 Å². The minimum absolute atomic E-state index is 0.0484. The van der Waals surface area contributed by atoms with Crippen LogP contribution in [0.5, 0.6) is 5.75 Å². The predicted molar refractivity (Wildman–Crippen MR) is 69.8 cm³/mol. The van der Waals surface area contributed by atoms with Gasteiger partial charge in [-0.05, 0) is 30.2 Å². The first-order valence-electron chi connectivity index (χ1n) is 6.03. The predicted octanol–water partition coefficient (Wildman–Crippen LogP) is 2.39. The highest BCUT2D eigenvalue weighted by Crippen LogP contribution is 2.24. The summed E-state index contributed by atoms with van der Waals surface area (Å²) >= 11 is 0. The molecule has 0 aliphatic rings. The van der Waals surface area contributed by atoms with Crippen molar-refractivity contribution in [2.75, 3.05) is 13.7 Å². The molecule has 1 N–H and O–H groups in total. The summed E-state index contributed by atoms with van der Waals surface area (Å²) in [4.78, 5) is 21.2. The van der Waals surface area contributed by atoms with Crippen LogP contribution in [0.4, 0.5) is 8.78 Å². The van der Waals surface area contributed by atoms with Crippen molar-refractivity contribution in [1.29, 1.82) is 0 Å². The number of carbonyl (C=O) groups excluding carboxylic acids is 1. The van der Waals surface area contributed by atoms with E-state index in [0.717, 1.165) is 24.3 Å². The largest absolute Gasteiger partial charge is 0.488 e. The molecule has 5 nitrogen and oxygen atoms in total. The van der Waals surface area contributed by atoms with E-state index in [1.54, 1.807) is 0 Å². The Morgan fingerprint density at radius 3 is 2.43 bits per heavy atom. The Morgan fingerprint density at radius 2 is 1.90 bits per heavy atom. The van der Waals surface area contributed by atoms with Gasteiger partial charge in [0.05, 0.1) is 13.7 Å². The maximum atomic E-state index is 13.6. The van der Waals surface area contributed by atoms with E-state index in [1.165, 1.54) is 7.11 Å². The molecule has 1 rings (SSSR count). The number of benzene rings is 1. The number of methoxy groups -OCH3 is 1. The Morgan fingerprint density at radius 1 is 1.29 bits per heavy atom. The number of aliphatic carboxylic acids is 1. The van der Waals surface area contributed by atoms with Gasteiger partial charge in [0.2, 0.25) is 0 Å². The summed E-state index contributed by atoms with van der Waals surface area (Å²) in [5.74, 6) is -4.11. The molecule has 0 saturated carbocycles. The van der Waals surface area contributed by atoms with E-state index in [-0.39, 0.29) is 25.0 Å². The highest BCUT2D eigenvalue weighted by molar-refractivity contribution is 5.85. The third-order valence-corrected chi connectivity index (χ3v) is 2.44. The van der Waals surface area contributed by atoms with Gasteiger partial charge in [-0.15, -0.1) is 0 Å². The van der Waals surface area contributed by atoms with E-state index in [2.05, 4.69) is 4.74 Å². The quantitative estimate of drug-likeness (QED) is 0.475. The molecule has 114 valence electrons. The van der Waals surface area contributed by atoms with Gasteiger partial charge in [0.1, 0.15) is 0 Å². The third-order valence-electron chi connectivity index (χ3n) is 2.44. The van der Waals surface area contributed by atoms with Crippen LogP contribution in [0.2, 0.25) is 0 Å². The molecule has 0 radical (unpaired) electrons. The summed E-state index contributed by atoms with van der Waals surface area (Å²) in [5, 5.41) is 8.44. The molecule has 0 spiro atoms. The summed E-state index contributed by atoms with van der Waals surface area (Å²) in [7, 11) is 1.24. The average Bonchev–Trinajstić information content (AvgIpc) is 2.43. The van der Waals surface area contributed by atoms with Gasteiger partial charge in [-0.2, -0.15) is 0 Å². The molecule has 21 heavy (non-hydrogen) atoms. The summed E-state index contributed by atoms with van der Waals surface area (Å²) in [6.45, 7) is -0.0484. The molecule has 0 aromatic heterocycles. The second-order valence-corrected chi connectivity index (χ2v) is 4.01. The third kappa shape index (κ3) is 5.60. The Balaban J connectivity index is 2.67. The number of hydrogen-bond acceptors (Lipinski definition) is 4. The second kappa shape index (κ2) is 7.98. The van der Waals surface area contributed by atoms with Crippen molar-refractivity contribution in [1.82, 2.24) is 0 Å². The van der Waals surface area contributed by atoms with E-state index >= 15 is 0 Å². The number of carboxylic acids is 1. The number of carbonyl (C=O) groups is 2. The minimum Gasteiger partial charge on any atom is -0.488 e. The molecule has 0 atom stereocenters. The van der Waals surface area contributed by atoms with Crippen molar-refractivity contribution in [2.24, 2.45) is 0 Å². The van der Waals surface area contributed by atoms with Crippen LogP contribution in [0.25, 0.3) is 6.08 Å². The minimum atomic E-state index is -1.22. The van der Waals surface area contributed by atoms with Crippen molar-refractivity contribution in [3.05, 3.63) is 35.4 Å².